The number of sulfonamides is 1. The number of nitrogens with zero attached hydrogens (tertiary/aromatic N) is 2. The molecule has 0 amide bonds. The summed E-state index contributed by atoms with van der Waals surface area (Å²) in [5, 5.41) is 0. The largest absolute Gasteiger partial charge is 0.270 e. The topological polar surface area (TPSA) is 50.3 Å². The number of thiazole rings is 1. The lowest BCUT2D eigenvalue weighted by Gasteiger charge is -2.24. The third-order valence-electron chi connectivity index (χ3n) is 3.15. The van der Waals surface area contributed by atoms with Crippen molar-refractivity contribution in [3.8, 4) is 0 Å². The Morgan fingerprint density at radius 1 is 1.11 bits per heavy atom. The van der Waals surface area contributed by atoms with Crippen molar-refractivity contribution in [2.75, 3.05) is 13.1 Å². The molecular formula is C12H14N2O2S2. The highest BCUT2D eigenvalue weighted by Crippen LogP contribution is 2.28. The minimum atomic E-state index is -3.38. The van der Waals surface area contributed by atoms with Crippen LogP contribution in [-0.4, -0.2) is 30.8 Å². The highest BCUT2D eigenvalue weighted by Gasteiger charge is 2.28. The first kappa shape index (κ1) is 12.1. The van der Waals surface area contributed by atoms with Crippen molar-refractivity contribution in [2.24, 2.45) is 0 Å². The van der Waals surface area contributed by atoms with E-state index in [9.17, 15) is 8.42 Å². The molecule has 0 saturated carbocycles. The third-order valence-corrected chi connectivity index (χ3v) is 6.44. The van der Waals surface area contributed by atoms with Crippen LogP contribution in [0.25, 0.3) is 10.2 Å². The van der Waals surface area contributed by atoms with Gasteiger partial charge in [-0.05, 0) is 25.0 Å². The fraction of sp³-hybridized carbons (Fsp3) is 0.417. The van der Waals surface area contributed by atoms with E-state index in [2.05, 4.69) is 4.98 Å². The number of aromatic nitrogens is 1. The van der Waals surface area contributed by atoms with Gasteiger partial charge >= 0.3 is 0 Å². The summed E-state index contributed by atoms with van der Waals surface area (Å²) in [7, 11) is -3.38. The molecule has 3 rings (SSSR count). The van der Waals surface area contributed by atoms with Crippen molar-refractivity contribution in [3.63, 3.8) is 0 Å². The fourth-order valence-electron chi connectivity index (χ4n) is 2.18. The molecule has 1 aliphatic heterocycles. The Morgan fingerprint density at radius 3 is 2.56 bits per heavy atom. The molecule has 1 fully saturated rings. The molecule has 0 bridgehead atoms. The molecule has 0 spiro atoms. The predicted molar refractivity (Wildman–Crippen MR) is 72.2 cm³/mol. The summed E-state index contributed by atoms with van der Waals surface area (Å²) in [6.45, 7) is 1.25. The normalized spacial score (nSPS) is 18.2. The van der Waals surface area contributed by atoms with Crippen molar-refractivity contribution in [3.05, 3.63) is 24.3 Å². The number of benzene rings is 1. The van der Waals surface area contributed by atoms with Crippen molar-refractivity contribution in [2.45, 2.75) is 23.6 Å². The lowest BCUT2D eigenvalue weighted by atomic mass is 10.2. The van der Waals surface area contributed by atoms with Crippen LogP contribution in [0.5, 0.6) is 0 Å². The number of hydrogen-bond donors (Lipinski definition) is 0. The number of para-hydroxylation sites is 1. The Hall–Kier alpha value is -0.980. The van der Waals surface area contributed by atoms with E-state index in [4.69, 9.17) is 0 Å². The summed E-state index contributed by atoms with van der Waals surface area (Å²) < 4.78 is 27.6. The van der Waals surface area contributed by atoms with Gasteiger partial charge in [0.1, 0.15) is 0 Å². The first-order valence-corrected chi connectivity index (χ1v) is 8.29. The van der Waals surface area contributed by atoms with Gasteiger partial charge in [-0.2, -0.15) is 4.31 Å². The quantitative estimate of drug-likeness (QED) is 0.850. The maximum Gasteiger partial charge on any atom is 0.270 e. The molecule has 96 valence electrons. The van der Waals surface area contributed by atoms with Crippen LogP contribution in [0.3, 0.4) is 0 Å². The molecule has 4 nitrogen and oxygen atoms in total. The maximum absolute atomic E-state index is 12.4. The van der Waals surface area contributed by atoms with Gasteiger partial charge in [0.2, 0.25) is 4.34 Å². The Morgan fingerprint density at radius 2 is 1.83 bits per heavy atom. The molecule has 0 aliphatic carbocycles. The zero-order valence-electron chi connectivity index (χ0n) is 9.87. The minimum absolute atomic E-state index is 0.227. The van der Waals surface area contributed by atoms with E-state index in [1.807, 2.05) is 24.3 Å². The highest BCUT2D eigenvalue weighted by atomic mass is 32.2. The summed E-state index contributed by atoms with van der Waals surface area (Å²) >= 11 is 1.26. The monoisotopic (exact) mass is 282 g/mol. The molecule has 0 atom stereocenters. The van der Waals surface area contributed by atoms with Gasteiger partial charge in [-0.3, -0.25) is 0 Å². The second kappa shape index (κ2) is 4.60. The van der Waals surface area contributed by atoms with Crippen LogP contribution in [0.2, 0.25) is 0 Å². The van der Waals surface area contributed by atoms with Crippen molar-refractivity contribution < 1.29 is 8.42 Å². The van der Waals surface area contributed by atoms with E-state index in [1.165, 1.54) is 11.3 Å². The van der Waals surface area contributed by atoms with Crippen LogP contribution in [0, 0.1) is 0 Å². The second-order valence-corrected chi connectivity index (χ2v) is 7.55. The predicted octanol–water partition coefficient (Wildman–Crippen LogP) is 2.47. The van der Waals surface area contributed by atoms with Crippen molar-refractivity contribution >= 4 is 31.6 Å². The van der Waals surface area contributed by atoms with Crippen molar-refractivity contribution in [1.29, 1.82) is 0 Å². The molecule has 1 aromatic carbocycles. The summed E-state index contributed by atoms with van der Waals surface area (Å²) in [5.41, 5.74) is 0.762. The summed E-state index contributed by atoms with van der Waals surface area (Å²) in [5.74, 6) is 0. The van der Waals surface area contributed by atoms with Crippen molar-refractivity contribution in [1.82, 2.24) is 9.29 Å². The van der Waals surface area contributed by atoms with Gasteiger partial charge in [0, 0.05) is 13.1 Å². The van der Waals surface area contributed by atoms with Crippen LogP contribution in [-0.2, 0) is 10.0 Å². The standard InChI is InChI=1S/C12H14N2O2S2/c15-18(16,14-8-4-1-5-9-14)12-13-10-6-2-3-7-11(10)17-12/h2-3,6-7H,1,4-5,8-9H2. The molecule has 1 saturated heterocycles. The van der Waals surface area contributed by atoms with Gasteiger partial charge in [0.05, 0.1) is 10.2 Å². The first-order chi connectivity index (χ1) is 8.68. The van der Waals surface area contributed by atoms with Crippen LogP contribution in [0.15, 0.2) is 28.6 Å². The summed E-state index contributed by atoms with van der Waals surface area (Å²) in [6.07, 6.45) is 3.01. The van der Waals surface area contributed by atoms with Crippen LogP contribution in [0.1, 0.15) is 19.3 Å². The molecule has 0 unspecified atom stereocenters. The number of rotatable bonds is 2. The molecule has 2 aromatic rings. The maximum atomic E-state index is 12.4. The van der Waals surface area contributed by atoms with Gasteiger partial charge < -0.3 is 0 Å². The molecule has 6 heteroatoms. The third kappa shape index (κ3) is 2.04. The number of hydrogen-bond acceptors (Lipinski definition) is 4. The Kier molecular flexibility index (Phi) is 3.09. The van der Waals surface area contributed by atoms with Crippen LogP contribution >= 0.6 is 11.3 Å². The SMILES string of the molecule is O=S(=O)(c1nc2ccccc2s1)N1CCCCC1. The van der Waals surface area contributed by atoms with E-state index < -0.39 is 10.0 Å². The Bertz CT molecular complexity index is 625. The molecule has 0 N–H and O–H groups in total. The van der Waals surface area contributed by atoms with E-state index >= 15 is 0 Å². The molecule has 18 heavy (non-hydrogen) atoms. The average molecular weight is 282 g/mol. The van der Waals surface area contributed by atoms with E-state index in [1.54, 1.807) is 4.31 Å². The lowest BCUT2D eigenvalue weighted by molar-refractivity contribution is 0.346. The lowest BCUT2D eigenvalue weighted by Crippen LogP contribution is -2.35. The summed E-state index contributed by atoms with van der Waals surface area (Å²) in [6, 6.07) is 7.53. The average Bonchev–Trinajstić information content (AvgIpc) is 2.84. The van der Waals surface area contributed by atoms with Gasteiger partial charge in [-0.25, -0.2) is 13.4 Å². The molecule has 1 aliphatic rings. The van der Waals surface area contributed by atoms with Gasteiger partial charge in [0.15, 0.2) is 0 Å². The minimum Gasteiger partial charge on any atom is -0.224 e. The Balaban J connectivity index is 2.01. The highest BCUT2D eigenvalue weighted by molar-refractivity contribution is 7.91. The molecule has 0 radical (unpaired) electrons. The molecular weight excluding hydrogens is 268 g/mol. The van der Waals surface area contributed by atoms with Gasteiger partial charge in [0.25, 0.3) is 10.0 Å². The zero-order chi connectivity index (χ0) is 12.6. The zero-order valence-corrected chi connectivity index (χ0v) is 11.5. The number of piperidine rings is 1. The van der Waals surface area contributed by atoms with E-state index in [0.29, 0.717) is 13.1 Å². The van der Waals surface area contributed by atoms with E-state index in [-0.39, 0.29) is 4.34 Å². The van der Waals surface area contributed by atoms with Gasteiger partial charge in [-0.1, -0.05) is 18.6 Å². The first-order valence-electron chi connectivity index (χ1n) is 6.04. The van der Waals surface area contributed by atoms with Gasteiger partial charge in [-0.15, -0.1) is 11.3 Å². The Labute approximate surface area is 110 Å². The summed E-state index contributed by atoms with van der Waals surface area (Å²) in [4.78, 5) is 4.25. The molecule has 2 heterocycles. The second-order valence-electron chi connectivity index (χ2n) is 4.41. The smallest absolute Gasteiger partial charge is 0.224 e. The van der Waals surface area contributed by atoms with E-state index in [0.717, 1.165) is 29.5 Å². The number of fused-ring (bicyclic) bond motifs is 1. The molecule has 1 aromatic heterocycles. The van der Waals surface area contributed by atoms with Crippen LogP contribution in [0.4, 0.5) is 0 Å². The fourth-order valence-corrected chi connectivity index (χ4v) is 5.05. The van der Waals surface area contributed by atoms with Crippen LogP contribution < -0.4 is 0 Å².